The Labute approximate surface area is 65.8 Å². The molecule has 0 saturated heterocycles. The maximum absolute atomic E-state index is 10.3. The first-order valence-electron chi connectivity index (χ1n) is 3.63. The molecular weight excluding hydrogens is 138 g/mol. The van der Waals surface area contributed by atoms with E-state index in [4.69, 9.17) is 5.26 Å². The summed E-state index contributed by atoms with van der Waals surface area (Å²) in [7, 11) is 0. The fraction of sp³-hybridized carbons (Fsp3) is 0.333. The molecule has 2 nitrogen and oxygen atoms in total. The molecule has 0 fully saturated rings. The predicted octanol–water partition coefficient (Wildman–Crippen LogP) is 1.75. The van der Waals surface area contributed by atoms with Crippen LogP contribution < -0.4 is 0 Å². The normalized spacial score (nSPS) is 20.6. The molecule has 0 atom stereocenters. The van der Waals surface area contributed by atoms with Crippen LogP contribution in [0.2, 0.25) is 0 Å². The number of allylic oxidation sites excluding steroid dienone is 4. The van der Waals surface area contributed by atoms with E-state index in [0.29, 0.717) is 6.29 Å². The van der Waals surface area contributed by atoms with Gasteiger partial charge < -0.3 is 0 Å². The lowest BCUT2D eigenvalue weighted by atomic mass is 9.98. The van der Waals surface area contributed by atoms with Gasteiger partial charge in [-0.05, 0) is 24.8 Å². The minimum absolute atomic E-state index is 0.279. The van der Waals surface area contributed by atoms with Crippen LogP contribution in [0.25, 0.3) is 0 Å². The highest BCUT2D eigenvalue weighted by Gasteiger charge is 2.04. The smallest absolute Gasteiger partial charge is 0.160 e. The minimum atomic E-state index is 0.279. The second-order valence-corrected chi connectivity index (χ2v) is 2.46. The fourth-order valence-electron chi connectivity index (χ4n) is 1.12. The number of hydrogen-bond acceptors (Lipinski definition) is 2. The zero-order valence-corrected chi connectivity index (χ0v) is 6.21. The molecule has 0 amide bonds. The Bertz CT molecular complexity index is 255. The van der Waals surface area contributed by atoms with E-state index in [-0.39, 0.29) is 5.57 Å². The molecule has 1 rings (SSSR count). The van der Waals surface area contributed by atoms with Gasteiger partial charge in [0.05, 0.1) is 5.57 Å². The molecule has 0 N–H and O–H groups in total. The summed E-state index contributed by atoms with van der Waals surface area (Å²) in [5, 5.41) is 8.51. The van der Waals surface area contributed by atoms with Crippen molar-refractivity contribution in [1.82, 2.24) is 0 Å². The number of rotatable bonds is 1. The van der Waals surface area contributed by atoms with Crippen LogP contribution in [-0.2, 0) is 4.79 Å². The first-order chi connectivity index (χ1) is 5.38. The van der Waals surface area contributed by atoms with E-state index in [1.54, 1.807) is 0 Å². The van der Waals surface area contributed by atoms with Crippen LogP contribution in [0.4, 0.5) is 0 Å². The van der Waals surface area contributed by atoms with Gasteiger partial charge in [-0.1, -0.05) is 12.2 Å². The van der Waals surface area contributed by atoms with Crippen LogP contribution in [0.3, 0.4) is 0 Å². The van der Waals surface area contributed by atoms with Gasteiger partial charge in [0.25, 0.3) is 0 Å². The molecule has 0 spiro atoms. The van der Waals surface area contributed by atoms with Crippen molar-refractivity contribution in [2.24, 2.45) is 0 Å². The van der Waals surface area contributed by atoms with Gasteiger partial charge in [-0.25, -0.2) is 0 Å². The van der Waals surface area contributed by atoms with E-state index >= 15 is 0 Å². The monoisotopic (exact) mass is 147 g/mol. The van der Waals surface area contributed by atoms with E-state index in [1.165, 1.54) is 0 Å². The Balaban J connectivity index is 2.93. The third kappa shape index (κ3) is 1.78. The molecule has 1 aliphatic carbocycles. The Kier molecular flexibility index (Phi) is 2.62. The molecule has 0 saturated carbocycles. The van der Waals surface area contributed by atoms with Gasteiger partial charge >= 0.3 is 0 Å². The molecule has 0 unspecified atom stereocenters. The van der Waals surface area contributed by atoms with Crippen LogP contribution in [-0.4, -0.2) is 6.29 Å². The third-order valence-electron chi connectivity index (χ3n) is 1.72. The number of hydrogen-bond donors (Lipinski definition) is 0. The largest absolute Gasteiger partial charge is 0.297 e. The van der Waals surface area contributed by atoms with Gasteiger partial charge in [-0.2, -0.15) is 5.26 Å². The number of aldehydes is 1. The molecule has 0 aromatic carbocycles. The number of carbonyl (C=O) groups excluding carboxylic acids is 1. The van der Waals surface area contributed by atoms with Gasteiger partial charge in [0.15, 0.2) is 6.29 Å². The van der Waals surface area contributed by atoms with Crippen molar-refractivity contribution in [1.29, 1.82) is 5.26 Å². The Hall–Kier alpha value is -1.36. The summed E-state index contributed by atoms with van der Waals surface area (Å²) in [6.45, 7) is 0. The molecule has 1 aliphatic rings. The average molecular weight is 147 g/mol. The van der Waals surface area contributed by atoms with Crippen LogP contribution in [0, 0.1) is 11.3 Å². The molecular formula is C9H9NO. The van der Waals surface area contributed by atoms with E-state index in [0.717, 1.165) is 24.8 Å². The van der Waals surface area contributed by atoms with E-state index in [9.17, 15) is 4.79 Å². The van der Waals surface area contributed by atoms with Gasteiger partial charge in [0.1, 0.15) is 6.07 Å². The topological polar surface area (TPSA) is 40.9 Å². The second-order valence-electron chi connectivity index (χ2n) is 2.46. The van der Waals surface area contributed by atoms with E-state index < -0.39 is 0 Å². The first-order valence-corrected chi connectivity index (χ1v) is 3.63. The van der Waals surface area contributed by atoms with Crippen LogP contribution in [0.5, 0.6) is 0 Å². The maximum Gasteiger partial charge on any atom is 0.160 e. The van der Waals surface area contributed by atoms with Crippen molar-refractivity contribution in [3.05, 3.63) is 23.3 Å². The van der Waals surface area contributed by atoms with E-state index in [1.807, 2.05) is 18.2 Å². The molecule has 0 heterocycles. The summed E-state index contributed by atoms with van der Waals surface area (Å²) < 4.78 is 0. The number of carbonyl (C=O) groups is 1. The van der Waals surface area contributed by atoms with Crippen molar-refractivity contribution >= 4 is 6.29 Å². The van der Waals surface area contributed by atoms with Gasteiger partial charge in [-0.3, -0.25) is 4.79 Å². The molecule has 0 radical (unpaired) electrons. The first kappa shape index (κ1) is 7.74. The summed E-state index contributed by atoms with van der Waals surface area (Å²) >= 11 is 0. The summed E-state index contributed by atoms with van der Waals surface area (Å²) in [6, 6.07) is 1.88. The molecule has 2 heteroatoms. The summed E-state index contributed by atoms with van der Waals surface area (Å²) in [5.74, 6) is 0. The van der Waals surface area contributed by atoms with Gasteiger partial charge in [0.2, 0.25) is 0 Å². The third-order valence-corrected chi connectivity index (χ3v) is 1.72. The molecule has 0 aromatic heterocycles. The quantitative estimate of drug-likeness (QED) is 0.322. The zero-order valence-electron chi connectivity index (χ0n) is 6.21. The molecule has 0 bridgehead atoms. The van der Waals surface area contributed by atoms with Crippen LogP contribution >= 0.6 is 0 Å². The number of nitrogens with zero attached hydrogens (tertiary/aromatic N) is 1. The van der Waals surface area contributed by atoms with Crippen molar-refractivity contribution < 1.29 is 4.79 Å². The lowest BCUT2D eigenvalue weighted by Crippen LogP contribution is -1.92. The highest BCUT2D eigenvalue weighted by Crippen LogP contribution is 2.18. The minimum Gasteiger partial charge on any atom is -0.297 e. The molecule has 0 aromatic rings. The van der Waals surface area contributed by atoms with E-state index in [2.05, 4.69) is 0 Å². The van der Waals surface area contributed by atoms with Gasteiger partial charge in [0, 0.05) is 0 Å². The zero-order chi connectivity index (χ0) is 8.10. The maximum atomic E-state index is 10.3. The summed E-state index contributed by atoms with van der Waals surface area (Å²) in [4.78, 5) is 10.3. The SMILES string of the molecule is N#C/C(C=O)=C1\C=CCCC1. The standard InChI is InChI=1S/C9H9NO/c10-6-9(7-11)8-4-2-1-3-5-8/h2,4,7H,1,3,5H2/b9-8-. The summed E-state index contributed by atoms with van der Waals surface area (Å²) in [5.41, 5.74) is 1.16. The lowest BCUT2D eigenvalue weighted by Gasteiger charge is -2.06. The molecule has 11 heavy (non-hydrogen) atoms. The highest BCUT2D eigenvalue weighted by atomic mass is 16.1. The number of nitriles is 1. The van der Waals surface area contributed by atoms with Crippen molar-refractivity contribution in [3.8, 4) is 6.07 Å². The van der Waals surface area contributed by atoms with Crippen molar-refractivity contribution in [2.45, 2.75) is 19.3 Å². The summed E-state index contributed by atoms with van der Waals surface area (Å²) in [6.07, 6.45) is 7.46. The Morgan fingerprint density at radius 2 is 2.55 bits per heavy atom. The van der Waals surface area contributed by atoms with Gasteiger partial charge in [-0.15, -0.1) is 0 Å². The fourth-order valence-corrected chi connectivity index (χ4v) is 1.12. The lowest BCUT2D eigenvalue weighted by molar-refractivity contribution is -0.104. The average Bonchev–Trinajstić information content (AvgIpc) is 2.09. The Morgan fingerprint density at radius 1 is 1.73 bits per heavy atom. The predicted molar refractivity (Wildman–Crippen MR) is 41.7 cm³/mol. The molecule has 0 aliphatic heterocycles. The van der Waals surface area contributed by atoms with Crippen molar-refractivity contribution in [2.75, 3.05) is 0 Å². The Morgan fingerprint density at radius 3 is 3.00 bits per heavy atom. The second kappa shape index (κ2) is 3.72. The van der Waals surface area contributed by atoms with Crippen LogP contribution in [0.1, 0.15) is 19.3 Å². The highest BCUT2D eigenvalue weighted by molar-refractivity contribution is 5.81. The van der Waals surface area contributed by atoms with Crippen LogP contribution in [0.15, 0.2) is 23.3 Å². The molecule has 56 valence electrons. The van der Waals surface area contributed by atoms with Crippen molar-refractivity contribution in [3.63, 3.8) is 0 Å².